The van der Waals surface area contributed by atoms with Gasteiger partial charge in [-0.25, -0.2) is 0 Å². The summed E-state index contributed by atoms with van der Waals surface area (Å²) in [5.41, 5.74) is 0. The van der Waals surface area contributed by atoms with Gasteiger partial charge in [0.15, 0.2) is 0 Å². The van der Waals surface area contributed by atoms with E-state index in [1.807, 2.05) is 0 Å². The summed E-state index contributed by atoms with van der Waals surface area (Å²) in [5.74, 6) is 0. The molecular weight excluding hydrogens is 205 g/mol. The van der Waals surface area contributed by atoms with Crippen molar-refractivity contribution in [3.63, 3.8) is 0 Å². The Morgan fingerprint density at radius 2 is 0.250 bits per heavy atom. The molecule has 0 rings (SSSR count). The first-order chi connectivity index (χ1) is 0. The van der Waals surface area contributed by atoms with Crippen LogP contribution in [0.1, 0.15) is 0 Å². The van der Waals surface area contributed by atoms with Gasteiger partial charge < -0.3 is 0 Å². The van der Waals surface area contributed by atoms with Crippen molar-refractivity contribution < 1.29 is 0 Å². The molecule has 0 bridgehead atoms. The van der Waals surface area contributed by atoms with Crippen molar-refractivity contribution in [1.82, 2.24) is 0 Å². The molecule has 0 aromatic rings. The maximum Gasteiger partial charge on any atom is 0 e. The first kappa shape index (κ1) is 72.7. The second-order valence-corrected chi connectivity index (χ2v) is 0. The van der Waals surface area contributed by atoms with Crippen molar-refractivity contribution in [2.45, 2.75) is 0 Å². The summed E-state index contributed by atoms with van der Waals surface area (Å²) in [4.78, 5) is 0. The van der Waals surface area contributed by atoms with E-state index in [9.17, 15) is 0 Å². The Balaban J connectivity index is 0. The van der Waals surface area contributed by atoms with Gasteiger partial charge >= 0.3 is 0 Å². The summed E-state index contributed by atoms with van der Waals surface area (Å²) in [6.45, 7) is 0. The summed E-state index contributed by atoms with van der Waals surface area (Å²) in [5, 5.41) is 0. The van der Waals surface area contributed by atoms with E-state index in [1.165, 1.54) is 0 Å². The van der Waals surface area contributed by atoms with Gasteiger partial charge in [0, 0.05) is 162 Å². The normalized spacial score (nSPS) is 0. The average Bonchev–Trinajstić information content (AvgIpc) is 0. The lowest BCUT2D eigenvalue weighted by molar-refractivity contribution is 5.75. The first-order valence-corrected chi connectivity index (χ1v) is 0. The van der Waals surface area contributed by atoms with E-state index in [-0.39, 0.29) is 162 Å². The third-order valence-electron chi connectivity index (χ3n) is 0. The molecule has 8 heteroatoms. The van der Waals surface area contributed by atoms with Crippen LogP contribution in [0.5, 0.6) is 0 Å². The molecule has 0 saturated heterocycles. The molecule has 0 aliphatic rings. The highest BCUT2D eigenvalue weighted by atomic mass is 27.0. The number of hydrogen-bond donors (Lipinski definition) is 0. The molecule has 0 aliphatic carbocycles. The smallest absolute Gasteiger partial charge is 0 e. The van der Waals surface area contributed by atoms with Crippen molar-refractivity contribution in [3.05, 3.63) is 0 Å². The lowest BCUT2D eigenvalue weighted by atomic mass is 24.3. The average molecular weight is 205 g/mol. The zero-order valence-corrected chi connectivity index (χ0v) is 15.4. The molecule has 0 aliphatic heterocycles. The quantitative estimate of drug-likeness (QED) is 0.369. The molecular formula is Al4Mg4. The largest absolute Gasteiger partial charge is 0 e. The van der Waals surface area contributed by atoms with E-state index < -0.39 is 0 Å². The van der Waals surface area contributed by atoms with Crippen molar-refractivity contribution in [2.75, 3.05) is 0 Å². The molecule has 0 unspecified atom stereocenters. The van der Waals surface area contributed by atoms with Crippen LogP contribution in [-0.2, 0) is 0 Å². The second kappa shape index (κ2) is 56.6. The Morgan fingerprint density at radius 1 is 0.250 bits per heavy atom. The molecule has 0 fully saturated rings. The molecule has 8 heavy (non-hydrogen) atoms. The van der Waals surface area contributed by atoms with Crippen molar-refractivity contribution >= 4 is 162 Å². The third-order valence-corrected chi connectivity index (χ3v) is 0. The van der Waals surface area contributed by atoms with E-state index in [4.69, 9.17) is 0 Å². The molecule has 0 nitrogen and oxygen atoms in total. The molecule has 20 valence electrons. The topological polar surface area (TPSA) is 0 Å². The zero-order valence-electron chi connectivity index (χ0n) is 5.14. The van der Waals surface area contributed by atoms with Gasteiger partial charge in [0.05, 0.1) is 0 Å². The minimum atomic E-state index is 0. The minimum Gasteiger partial charge on any atom is 0 e. The Hall–Kier alpha value is 5.19. The van der Waals surface area contributed by atoms with Crippen LogP contribution in [0.15, 0.2) is 0 Å². The molecule has 0 spiro atoms. The summed E-state index contributed by atoms with van der Waals surface area (Å²) in [6.07, 6.45) is 0. The fraction of sp³-hybridized carbons (Fsp3) is 0. The van der Waals surface area contributed by atoms with E-state index in [0.29, 0.717) is 0 Å². The van der Waals surface area contributed by atoms with Crippen LogP contribution in [0.25, 0.3) is 0 Å². The maximum absolute atomic E-state index is 0. The van der Waals surface area contributed by atoms with Gasteiger partial charge in [0.2, 0.25) is 0 Å². The molecule has 0 saturated carbocycles. The van der Waals surface area contributed by atoms with Crippen LogP contribution in [0.3, 0.4) is 0 Å². The predicted octanol–water partition coefficient (Wildman–Crippen LogP) is -3.05. The van der Waals surface area contributed by atoms with Gasteiger partial charge in [-0.1, -0.05) is 0 Å². The zero-order chi connectivity index (χ0) is 0. The highest BCUT2D eigenvalue weighted by Crippen LogP contribution is -0.374. The molecule has 0 amide bonds. The fourth-order valence-electron chi connectivity index (χ4n) is 0. The minimum absolute atomic E-state index is 0. The monoisotopic (exact) mass is 204 g/mol. The number of hydrogen-bond acceptors (Lipinski definition) is 0. The summed E-state index contributed by atoms with van der Waals surface area (Å²) in [7, 11) is 0. The van der Waals surface area contributed by atoms with Gasteiger partial charge in [0.25, 0.3) is 0 Å². The van der Waals surface area contributed by atoms with E-state index in [1.54, 1.807) is 0 Å². The number of rotatable bonds is 0. The van der Waals surface area contributed by atoms with Crippen LogP contribution in [0, 0.1) is 0 Å². The highest BCUT2D eigenvalue weighted by molar-refractivity contribution is 5.76. The Bertz CT molecular complexity index is 8.00. The summed E-state index contributed by atoms with van der Waals surface area (Å²) >= 11 is 0. The van der Waals surface area contributed by atoms with Crippen molar-refractivity contribution in [3.8, 4) is 0 Å². The third kappa shape index (κ3) is 43.1. The SMILES string of the molecule is [Al].[Al].[Al].[Al].[Mg].[Mg].[Mg].[Mg]. The maximum atomic E-state index is 0. The van der Waals surface area contributed by atoms with Crippen LogP contribution in [-0.4, -0.2) is 162 Å². The lowest BCUT2D eigenvalue weighted by Gasteiger charge is -0.00100. The van der Waals surface area contributed by atoms with Crippen LogP contribution < -0.4 is 0 Å². The van der Waals surface area contributed by atoms with E-state index >= 15 is 0 Å². The van der Waals surface area contributed by atoms with Crippen LogP contribution in [0.4, 0.5) is 0 Å². The highest BCUT2D eigenvalue weighted by Gasteiger charge is 0.00700. The van der Waals surface area contributed by atoms with Crippen molar-refractivity contribution in [2.24, 2.45) is 0 Å². The molecule has 0 N–H and O–H groups in total. The summed E-state index contributed by atoms with van der Waals surface area (Å²) in [6, 6.07) is 0. The van der Waals surface area contributed by atoms with E-state index in [2.05, 4.69) is 0 Å². The second-order valence-electron chi connectivity index (χ2n) is 0. The molecule has 0 aromatic carbocycles. The van der Waals surface area contributed by atoms with Gasteiger partial charge in [-0.3, -0.25) is 0 Å². The van der Waals surface area contributed by atoms with Crippen LogP contribution >= 0.6 is 0 Å². The summed E-state index contributed by atoms with van der Waals surface area (Å²) < 4.78 is 0. The first-order valence-electron chi connectivity index (χ1n) is 0. The standard InChI is InChI=1S/4Al.4Mg. The molecule has 0 atom stereocenters. The predicted molar refractivity (Wildman–Crippen MR) is 46.0 cm³/mol. The van der Waals surface area contributed by atoms with Crippen LogP contribution in [0.2, 0.25) is 0 Å². The van der Waals surface area contributed by atoms with Crippen molar-refractivity contribution in [1.29, 1.82) is 0 Å². The molecule has 0 heterocycles. The van der Waals surface area contributed by atoms with E-state index in [0.717, 1.165) is 0 Å². The van der Waals surface area contributed by atoms with Gasteiger partial charge in [0.1, 0.15) is 0 Å². The van der Waals surface area contributed by atoms with Gasteiger partial charge in [-0.15, -0.1) is 0 Å². The Morgan fingerprint density at radius 3 is 0.250 bits per heavy atom. The molecule has 20 radical (unpaired) electrons. The molecule has 0 aromatic heterocycles. The Kier molecular flexibility index (Phi) is 515. The van der Waals surface area contributed by atoms with Gasteiger partial charge in [-0.2, -0.15) is 0 Å². The van der Waals surface area contributed by atoms with Gasteiger partial charge in [-0.05, 0) is 0 Å². The Labute approximate surface area is 158 Å². The fourth-order valence-corrected chi connectivity index (χ4v) is 0. The lowest BCUT2D eigenvalue weighted by Crippen LogP contribution is -0.382.